The lowest BCUT2D eigenvalue weighted by Gasteiger charge is -2.30. The average molecular weight is 350 g/mol. The molecule has 0 atom stereocenters. The quantitative estimate of drug-likeness (QED) is 0.352. The van der Waals surface area contributed by atoms with Gasteiger partial charge in [0.05, 0.1) is 29.1 Å². The maximum absolute atomic E-state index is 13.1. The van der Waals surface area contributed by atoms with Crippen molar-refractivity contribution in [2.24, 2.45) is 5.92 Å². The number of nitro groups is 1. The molecule has 0 saturated carbocycles. The fourth-order valence-corrected chi connectivity index (χ4v) is 2.68. The molecule has 1 aromatic rings. The second-order valence-corrected chi connectivity index (χ2v) is 5.65. The predicted molar refractivity (Wildman–Crippen MR) is 88.0 cm³/mol. The van der Waals surface area contributed by atoms with Crippen molar-refractivity contribution in [2.75, 3.05) is 19.7 Å². The van der Waals surface area contributed by atoms with E-state index in [2.05, 4.69) is 0 Å². The second-order valence-electron chi connectivity index (χ2n) is 5.65. The zero-order chi connectivity index (χ0) is 18.4. The van der Waals surface area contributed by atoms with Crippen molar-refractivity contribution >= 4 is 23.6 Å². The summed E-state index contributed by atoms with van der Waals surface area (Å²) in [7, 11) is 0. The minimum Gasteiger partial charge on any atom is -0.466 e. The van der Waals surface area contributed by atoms with Crippen LogP contribution in [0.5, 0.6) is 0 Å². The van der Waals surface area contributed by atoms with Crippen LogP contribution >= 0.6 is 0 Å². The van der Waals surface area contributed by atoms with E-state index in [0.717, 1.165) is 12.1 Å². The van der Waals surface area contributed by atoms with Crippen LogP contribution in [0.4, 0.5) is 10.1 Å². The van der Waals surface area contributed by atoms with Gasteiger partial charge in [0.2, 0.25) is 5.91 Å². The molecule has 8 heteroatoms. The normalized spacial score (nSPS) is 15.4. The zero-order valence-electron chi connectivity index (χ0n) is 13.8. The van der Waals surface area contributed by atoms with Crippen LogP contribution in [0.25, 0.3) is 6.08 Å². The number of amides is 1. The number of hydrogen-bond donors (Lipinski definition) is 0. The van der Waals surface area contributed by atoms with Gasteiger partial charge in [-0.1, -0.05) is 0 Å². The van der Waals surface area contributed by atoms with Gasteiger partial charge in [-0.3, -0.25) is 19.7 Å². The largest absolute Gasteiger partial charge is 0.466 e. The van der Waals surface area contributed by atoms with E-state index in [1.807, 2.05) is 0 Å². The fourth-order valence-electron chi connectivity index (χ4n) is 2.68. The first kappa shape index (κ1) is 18.6. The first-order valence-electron chi connectivity index (χ1n) is 8.00. The topological polar surface area (TPSA) is 89.8 Å². The number of ether oxygens (including phenoxy) is 1. The summed E-state index contributed by atoms with van der Waals surface area (Å²) in [6.07, 6.45) is 3.58. The number of likely N-dealkylation sites (tertiary alicyclic amines) is 1. The van der Waals surface area contributed by atoms with E-state index in [4.69, 9.17) is 4.74 Å². The molecule has 1 amide bonds. The van der Waals surface area contributed by atoms with Gasteiger partial charge in [-0.25, -0.2) is 4.39 Å². The van der Waals surface area contributed by atoms with E-state index in [-0.39, 0.29) is 23.4 Å². The third kappa shape index (κ3) is 4.85. The number of piperidine rings is 1. The van der Waals surface area contributed by atoms with Gasteiger partial charge in [-0.05, 0) is 38.0 Å². The maximum Gasteiger partial charge on any atom is 0.309 e. The van der Waals surface area contributed by atoms with Gasteiger partial charge in [0, 0.05) is 19.2 Å². The number of nitrogens with zero attached hydrogens (tertiary/aromatic N) is 2. The van der Waals surface area contributed by atoms with Crippen LogP contribution in [0.3, 0.4) is 0 Å². The highest BCUT2D eigenvalue weighted by atomic mass is 19.1. The molecular weight excluding hydrogens is 331 g/mol. The van der Waals surface area contributed by atoms with E-state index in [1.54, 1.807) is 11.8 Å². The number of hydrogen-bond acceptors (Lipinski definition) is 5. The van der Waals surface area contributed by atoms with E-state index in [9.17, 15) is 24.1 Å². The summed E-state index contributed by atoms with van der Waals surface area (Å²) >= 11 is 0. The number of benzene rings is 1. The maximum atomic E-state index is 13.1. The smallest absolute Gasteiger partial charge is 0.309 e. The van der Waals surface area contributed by atoms with Gasteiger partial charge in [-0.15, -0.1) is 0 Å². The van der Waals surface area contributed by atoms with Crippen LogP contribution in [0, 0.1) is 21.8 Å². The summed E-state index contributed by atoms with van der Waals surface area (Å²) < 4.78 is 18.1. The average Bonchev–Trinajstić information content (AvgIpc) is 2.60. The highest BCUT2D eigenvalue weighted by molar-refractivity contribution is 5.92. The lowest BCUT2D eigenvalue weighted by molar-refractivity contribution is -0.385. The van der Waals surface area contributed by atoms with Gasteiger partial charge in [0.25, 0.3) is 5.69 Å². The molecule has 134 valence electrons. The van der Waals surface area contributed by atoms with E-state index in [1.165, 1.54) is 18.2 Å². The minimum absolute atomic E-state index is 0.154. The van der Waals surface area contributed by atoms with Crippen LogP contribution in [-0.4, -0.2) is 41.4 Å². The van der Waals surface area contributed by atoms with Crippen LogP contribution < -0.4 is 0 Å². The van der Waals surface area contributed by atoms with Crippen molar-refractivity contribution in [1.82, 2.24) is 4.90 Å². The summed E-state index contributed by atoms with van der Waals surface area (Å²) in [5.41, 5.74) is -0.244. The summed E-state index contributed by atoms with van der Waals surface area (Å²) in [4.78, 5) is 35.7. The van der Waals surface area contributed by atoms with E-state index in [0.29, 0.717) is 32.5 Å². The number of rotatable bonds is 5. The van der Waals surface area contributed by atoms with Crippen molar-refractivity contribution < 1.29 is 23.6 Å². The Bertz CT molecular complexity index is 696. The number of nitro benzene ring substituents is 1. The molecule has 0 unspecified atom stereocenters. The molecule has 1 saturated heterocycles. The van der Waals surface area contributed by atoms with Crippen LogP contribution in [0.1, 0.15) is 25.3 Å². The fraction of sp³-hybridized carbons (Fsp3) is 0.412. The van der Waals surface area contributed by atoms with Crippen molar-refractivity contribution in [3.63, 3.8) is 0 Å². The third-order valence-corrected chi connectivity index (χ3v) is 4.02. The van der Waals surface area contributed by atoms with Gasteiger partial charge in [0.15, 0.2) is 0 Å². The summed E-state index contributed by atoms with van der Waals surface area (Å²) in [6.45, 7) is 2.91. The molecule has 1 fully saturated rings. The minimum atomic E-state index is -0.712. The molecule has 0 aromatic heterocycles. The standard InChI is InChI=1S/C17H19FN2O5/c1-2-25-17(22)13-7-9-19(10-8-13)16(21)6-4-12-3-5-14(18)11-15(12)20(23)24/h3-6,11,13H,2,7-10H2,1H3. The molecule has 1 aliphatic rings. The first-order chi connectivity index (χ1) is 11.9. The molecule has 1 heterocycles. The van der Waals surface area contributed by atoms with E-state index >= 15 is 0 Å². The molecule has 2 rings (SSSR count). The van der Waals surface area contributed by atoms with Crippen molar-refractivity contribution in [3.05, 3.63) is 45.8 Å². The van der Waals surface area contributed by atoms with Gasteiger partial charge in [-0.2, -0.15) is 0 Å². The summed E-state index contributed by atoms with van der Waals surface area (Å²) in [5, 5.41) is 10.9. The molecule has 1 aromatic carbocycles. The molecule has 0 spiro atoms. The molecule has 0 aliphatic carbocycles. The van der Waals surface area contributed by atoms with Gasteiger partial charge >= 0.3 is 5.97 Å². The van der Waals surface area contributed by atoms with Crippen LogP contribution in [-0.2, 0) is 14.3 Å². The number of carbonyl (C=O) groups excluding carboxylic acids is 2. The SMILES string of the molecule is CCOC(=O)C1CCN(C(=O)C=Cc2ccc(F)cc2[N+](=O)[O-])CC1. The number of halogens is 1. The summed E-state index contributed by atoms with van der Waals surface area (Å²) in [6, 6.07) is 3.17. The Hall–Kier alpha value is -2.77. The molecule has 0 radical (unpaired) electrons. The van der Waals surface area contributed by atoms with Crippen molar-refractivity contribution in [3.8, 4) is 0 Å². The highest BCUT2D eigenvalue weighted by Gasteiger charge is 2.27. The van der Waals surface area contributed by atoms with Crippen LogP contribution in [0.2, 0.25) is 0 Å². The predicted octanol–water partition coefficient (Wildman–Crippen LogP) is 2.55. The monoisotopic (exact) mass is 350 g/mol. The summed E-state index contributed by atoms with van der Waals surface area (Å²) in [5.74, 6) is -1.46. The Balaban J connectivity index is 1.98. The highest BCUT2D eigenvalue weighted by Crippen LogP contribution is 2.22. The first-order valence-corrected chi connectivity index (χ1v) is 8.00. The molecule has 1 aliphatic heterocycles. The molecule has 0 N–H and O–H groups in total. The Kier molecular flexibility index (Phi) is 6.21. The van der Waals surface area contributed by atoms with Crippen molar-refractivity contribution in [1.29, 1.82) is 0 Å². The Labute approximate surface area is 144 Å². The van der Waals surface area contributed by atoms with Crippen LogP contribution in [0.15, 0.2) is 24.3 Å². The Morgan fingerprint density at radius 3 is 2.68 bits per heavy atom. The molecule has 0 bridgehead atoms. The van der Waals surface area contributed by atoms with Gasteiger partial charge < -0.3 is 9.64 Å². The zero-order valence-corrected chi connectivity index (χ0v) is 13.8. The second kappa shape index (κ2) is 8.36. The molecule has 7 nitrogen and oxygen atoms in total. The lowest BCUT2D eigenvalue weighted by Crippen LogP contribution is -2.39. The molecular formula is C17H19FN2O5. The third-order valence-electron chi connectivity index (χ3n) is 4.02. The number of esters is 1. The van der Waals surface area contributed by atoms with E-state index < -0.39 is 16.4 Å². The lowest BCUT2D eigenvalue weighted by atomic mass is 9.97. The van der Waals surface area contributed by atoms with Gasteiger partial charge in [0.1, 0.15) is 5.82 Å². The number of carbonyl (C=O) groups is 2. The Morgan fingerprint density at radius 1 is 1.40 bits per heavy atom. The molecule has 25 heavy (non-hydrogen) atoms. The van der Waals surface area contributed by atoms with Crippen molar-refractivity contribution in [2.45, 2.75) is 19.8 Å². The Morgan fingerprint density at radius 2 is 2.08 bits per heavy atom.